The van der Waals surface area contributed by atoms with E-state index in [9.17, 15) is 4.39 Å². The highest BCUT2D eigenvalue weighted by atomic mass is 79.9. The first-order valence-corrected chi connectivity index (χ1v) is 5.30. The highest BCUT2D eigenvalue weighted by molar-refractivity contribution is 9.10. The number of halogens is 2. The van der Waals surface area contributed by atoms with E-state index in [1.54, 1.807) is 12.1 Å². The van der Waals surface area contributed by atoms with Crippen LogP contribution < -0.4 is 4.72 Å². The number of rotatable bonds is 4. The van der Waals surface area contributed by atoms with E-state index in [0.29, 0.717) is 11.0 Å². The Morgan fingerprint density at radius 2 is 2.31 bits per heavy atom. The summed E-state index contributed by atoms with van der Waals surface area (Å²) in [5.74, 6) is -0.272. The Bertz CT molecular complexity index is 285. The van der Waals surface area contributed by atoms with Gasteiger partial charge >= 0.3 is 0 Å². The normalized spacial score (nSPS) is 10.4. The van der Waals surface area contributed by atoms with Gasteiger partial charge < -0.3 is 5.11 Å². The molecule has 0 aliphatic rings. The van der Waals surface area contributed by atoms with Crippen LogP contribution in [0.4, 0.5) is 4.39 Å². The number of nitrogens with one attached hydrogen (secondary N) is 1. The molecule has 0 heterocycles. The third kappa shape index (κ3) is 3.64. The third-order valence-electron chi connectivity index (χ3n) is 1.29. The van der Waals surface area contributed by atoms with E-state index in [0.717, 1.165) is 4.90 Å². The van der Waals surface area contributed by atoms with E-state index in [1.165, 1.54) is 18.0 Å². The first kappa shape index (κ1) is 11.0. The molecule has 0 atom stereocenters. The minimum Gasteiger partial charge on any atom is -0.395 e. The second-order valence-electron chi connectivity index (χ2n) is 2.30. The minimum atomic E-state index is -0.272. The maximum absolute atomic E-state index is 12.8. The van der Waals surface area contributed by atoms with Crippen LogP contribution in [0.1, 0.15) is 0 Å². The standard InChI is InChI=1S/C8H9BrFNOS/c9-7-5-6(1-2-8(7)10)13-11-3-4-12/h1-2,5,11-12H,3-4H2. The van der Waals surface area contributed by atoms with Crippen molar-refractivity contribution in [3.8, 4) is 0 Å². The van der Waals surface area contributed by atoms with Crippen molar-refractivity contribution in [1.82, 2.24) is 4.72 Å². The van der Waals surface area contributed by atoms with Crippen molar-refractivity contribution in [3.63, 3.8) is 0 Å². The first-order chi connectivity index (χ1) is 6.24. The number of aliphatic hydroxyl groups excluding tert-OH is 1. The summed E-state index contributed by atoms with van der Waals surface area (Å²) in [7, 11) is 0. The molecule has 0 unspecified atom stereocenters. The molecule has 2 nitrogen and oxygen atoms in total. The quantitative estimate of drug-likeness (QED) is 0.647. The third-order valence-corrected chi connectivity index (χ3v) is 2.74. The van der Waals surface area contributed by atoms with Gasteiger partial charge in [0.05, 0.1) is 11.1 Å². The summed E-state index contributed by atoms with van der Waals surface area (Å²) < 4.78 is 16.1. The van der Waals surface area contributed by atoms with E-state index in [4.69, 9.17) is 5.11 Å². The molecule has 1 aromatic carbocycles. The lowest BCUT2D eigenvalue weighted by molar-refractivity contribution is 0.302. The van der Waals surface area contributed by atoms with Crippen molar-refractivity contribution in [3.05, 3.63) is 28.5 Å². The second-order valence-corrected chi connectivity index (χ2v) is 4.11. The predicted octanol–water partition coefficient (Wildman–Crippen LogP) is 2.18. The van der Waals surface area contributed by atoms with E-state index < -0.39 is 0 Å². The Morgan fingerprint density at radius 3 is 2.92 bits per heavy atom. The highest BCUT2D eigenvalue weighted by Gasteiger charge is 2.00. The summed E-state index contributed by atoms with van der Waals surface area (Å²) in [5, 5.41) is 8.50. The van der Waals surface area contributed by atoms with Gasteiger partial charge in [0, 0.05) is 11.4 Å². The fourth-order valence-corrected chi connectivity index (χ4v) is 1.92. The van der Waals surface area contributed by atoms with E-state index in [2.05, 4.69) is 20.7 Å². The molecule has 0 amide bonds. The zero-order valence-electron chi connectivity index (χ0n) is 6.76. The summed E-state index contributed by atoms with van der Waals surface area (Å²) in [6.07, 6.45) is 0. The molecule has 0 aliphatic heterocycles. The molecule has 5 heteroatoms. The number of hydrogen-bond acceptors (Lipinski definition) is 3. The summed E-state index contributed by atoms with van der Waals surface area (Å²) >= 11 is 4.45. The van der Waals surface area contributed by atoms with E-state index >= 15 is 0 Å². The van der Waals surface area contributed by atoms with Gasteiger partial charge in [-0.25, -0.2) is 4.39 Å². The Hall–Kier alpha value is -0.100. The average Bonchev–Trinajstić information content (AvgIpc) is 2.12. The molecule has 0 saturated heterocycles. The van der Waals surface area contributed by atoms with Crippen molar-refractivity contribution in [2.24, 2.45) is 0 Å². The summed E-state index contributed by atoms with van der Waals surface area (Å²) in [6.45, 7) is 0.606. The lowest BCUT2D eigenvalue weighted by Crippen LogP contribution is -2.08. The zero-order chi connectivity index (χ0) is 9.68. The molecular weight excluding hydrogens is 257 g/mol. The fourth-order valence-electron chi connectivity index (χ4n) is 0.720. The molecule has 13 heavy (non-hydrogen) atoms. The van der Waals surface area contributed by atoms with Gasteiger partial charge in [-0.05, 0) is 46.1 Å². The van der Waals surface area contributed by atoms with Gasteiger partial charge in [0.2, 0.25) is 0 Å². The van der Waals surface area contributed by atoms with Gasteiger partial charge in [0.1, 0.15) is 5.82 Å². The maximum Gasteiger partial charge on any atom is 0.137 e. The van der Waals surface area contributed by atoms with Crippen molar-refractivity contribution >= 4 is 27.9 Å². The molecular formula is C8H9BrFNOS. The lowest BCUT2D eigenvalue weighted by atomic mass is 10.3. The second kappa shape index (κ2) is 5.59. The fraction of sp³-hybridized carbons (Fsp3) is 0.250. The van der Waals surface area contributed by atoms with Gasteiger partial charge in [0.15, 0.2) is 0 Å². The van der Waals surface area contributed by atoms with Crippen LogP contribution in [0.5, 0.6) is 0 Å². The minimum absolute atomic E-state index is 0.0926. The van der Waals surface area contributed by atoms with Gasteiger partial charge in [-0.1, -0.05) is 0 Å². The van der Waals surface area contributed by atoms with Crippen LogP contribution in [-0.4, -0.2) is 18.3 Å². The van der Waals surface area contributed by atoms with Crippen LogP contribution in [-0.2, 0) is 0 Å². The molecule has 0 aromatic heterocycles. The van der Waals surface area contributed by atoms with Crippen LogP contribution in [0.2, 0.25) is 0 Å². The smallest absolute Gasteiger partial charge is 0.137 e. The van der Waals surface area contributed by atoms with Gasteiger partial charge in [-0.3, -0.25) is 4.72 Å². The Morgan fingerprint density at radius 1 is 1.54 bits per heavy atom. The van der Waals surface area contributed by atoms with Gasteiger partial charge in [0.25, 0.3) is 0 Å². The van der Waals surface area contributed by atoms with E-state index in [1.807, 2.05) is 0 Å². The molecule has 2 N–H and O–H groups in total. The summed E-state index contributed by atoms with van der Waals surface area (Å²) in [5.41, 5.74) is 0. The Kier molecular flexibility index (Phi) is 4.72. The largest absolute Gasteiger partial charge is 0.395 e. The number of aliphatic hydroxyl groups is 1. The van der Waals surface area contributed by atoms with Crippen LogP contribution in [0, 0.1) is 5.82 Å². The Labute approximate surface area is 88.8 Å². The molecule has 0 fully saturated rings. The Balaban J connectivity index is 2.53. The molecule has 0 saturated carbocycles. The monoisotopic (exact) mass is 265 g/mol. The zero-order valence-corrected chi connectivity index (χ0v) is 9.16. The molecule has 72 valence electrons. The topological polar surface area (TPSA) is 32.3 Å². The van der Waals surface area contributed by atoms with Gasteiger partial charge in [-0.15, -0.1) is 0 Å². The average molecular weight is 266 g/mol. The number of benzene rings is 1. The molecule has 1 rings (SSSR count). The van der Waals surface area contributed by atoms with E-state index in [-0.39, 0.29) is 12.4 Å². The number of hydrogen-bond donors (Lipinski definition) is 2. The predicted molar refractivity (Wildman–Crippen MR) is 55.0 cm³/mol. The van der Waals surface area contributed by atoms with Crippen LogP contribution in [0.15, 0.2) is 27.6 Å². The molecule has 0 bridgehead atoms. The first-order valence-electron chi connectivity index (χ1n) is 3.69. The van der Waals surface area contributed by atoms with Crippen molar-refractivity contribution < 1.29 is 9.50 Å². The molecule has 1 aromatic rings. The van der Waals surface area contributed by atoms with Crippen molar-refractivity contribution in [2.45, 2.75) is 4.90 Å². The summed E-state index contributed by atoms with van der Waals surface area (Å²) in [4.78, 5) is 0.904. The highest BCUT2D eigenvalue weighted by Crippen LogP contribution is 2.22. The van der Waals surface area contributed by atoms with Crippen molar-refractivity contribution in [1.29, 1.82) is 0 Å². The maximum atomic E-state index is 12.8. The molecule has 0 spiro atoms. The summed E-state index contributed by atoms with van der Waals surface area (Å²) in [6, 6.07) is 4.76. The van der Waals surface area contributed by atoms with Crippen molar-refractivity contribution in [2.75, 3.05) is 13.2 Å². The lowest BCUT2D eigenvalue weighted by Gasteiger charge is -2.02. The van der Waals surface area contributed by atoms with Crippen LogP contribution >= 0.6 is 27.9 Å². The molecule has 0 aliphatic carbocycles. The molecule has 0 radical (unpaired) electrons. The SMILES string of the molecule is OCCNSc1ccc(F)c(Br)c1. The van der Waals surface area contributed by atoms with Crippen LogP contribution in [0.25, 0.3) is 0 Å². The van der Waals surface area contributed by atoms with Gasteiger partial charge in [-0.2, -0.15) is 0 Å². The van der Waals surface area contributed by atoms with Crippen LogP contribution in [0.3, 0.4) is 0 Å².